The standard InChI is InChI=1S/C22H25ClN4O/c1-4-26(5-2)13-14-28-22(17-9-7-6-8-10-17)19-15-18(23)11-12-20(19)27-16(3)24-25-21(22)27/h6-12,15H,4-5,13-14H2,1-3H3. The second kappa shape index (κ2) is 7.66. The Morgan fingerprint density at radius 1 is 1.07 bits per heavy atom. The molecule has 5 nitrogen and oxygen atoms in total. The zero-order chi connectivity index (χ0) is 19.7. The fourth-order valence-electron chi connectivity index (χ4n) is 4.04. The van der Waals surface area contributed by atoms with Crippen molar-refractivity contribution >= 4 is 11.6 Å². The molecule has 0 N–H and O–H groups in total. The molecule has 28 heavy (non-hydrogen) atoms. The van der Waals surface area contributed by atoms with Gasteiger partial charge in [-0.2, -0.15) is 0 Å². The van der Waals surface area contributed by atoms with Gasteiger partial charge in [0.15, 0.2) is 11.4 Å². The van der Waals surface area contributed by atoms with Gasteiger partial charge in [-0.05, 0) is 43.8 Å². The highest BCUT2D eigenvalue weighted by Crippen LogP contribution is 2.48. The number of aryl methyl sites for hydroxylation is 1. The summed E-state index contributed by atoms with van der Waals surface area (Å²) < 4.78 is 8.79. The number of fused-ring (bicyclic) bond motifs is 3. The van der Waals surface area contributed by atoms with Crippen molar-refractivity contribution in [2.24, 2.45) is 0 Å². The predicted octanol–water partition coefficient (Wildman–Crippen LogP) is 4.19. The first-order chi connectivity index (χ1) is 13.6. The smallest absolute Gasteiger partial charge is 0.180 e. The van der Waals surface area contributed by atoms with E-state index in [0.717, 1.165) is 48.1 Å². The van der Waals surface area contributed by atoms with Gasteiger partial charge in [-0.15, -0.1) is 10.2 Å². The molecule has 1 aliphatic rings. The van der Waals surface area contributed by atoms with E-state index in [4.69, 9.17) is 16.3 Å². The van der Waals surface area contributed by atoms with Gasteiger partial charge in [0.2, 0.25) is 0 Å². The summed E-state index contributed by atoms with van der Waals surface area (Å²) in [6.45, 7) is 9.72. The summed E-state index contributed by atoms with van der Waals surface area (Å²) >= 11 is 6.41. The molecule has 0 fully saturated rings. The molecule has 146 valence electrons. The number of nitrogens with zero attached hydrogens (tertiary/aromatic N) is 4. The SMILES string of the molecule is CCN(CC)CCOC1(c2ccccc2)c2cc(Cl)ccc2-n2c(C)nnc21. The summed E-state index contributed by atoms with van der Waals surface area (Å²) in [4.78, 5) is 2.35. The molecule has 0 aliphatic carbocycles. The number of aromatic nitrogens is 3. The number of halogens is 1. The average molecular weight is 397 g/mol. The van der Waals surface area contributed by atoms with E-state index in [-0.39, 0.29) is 0 Å². The van der Waals surface area contributed by atoms with E-state index in [2.05, 4.69) is 45.6 Å². The highest BCUT2D eigenvalue weighted by Gasteiger charge is 2.49. The summed E-state index contributed by atoms with van der Waals surface area (Å²) in [5, 5.41) is 9.57. The predicted molar refractivity (Wildman–Crippen MR) is 111 cm³/mol. The molecule has 0 spiro atoms. The molecule has 0 saturated carbocycles. The van der Waals surface area contributed by atoms with Crippen molar-refractivity contribution < 1.29 is 4.74 Å². The van der Waals surface area contributed by atoms with Crippen molar-refractivity contribution in [2.45, 2.75) is 26.4 Å². The van der Waals surface area contributed by atoms with Crippen LogP contribution in [-0.4, -0.2) is 45.9 Å². The van der Waals surface area contributed by atoms with Gasteiger partial charge in [0.25, 0.3) is 0 Å². The molecule has 0 amide bonds. The second-order valence-electron chi connectivity index (χ2n) is 6.99. The zero-order valence-electron chi connectivity index (χ0n) is 16.5. The van der Waals surface area contributed by atoms with Crippen molar-refractivity contribution in [3.8, 4) is 5.69 Å². The van der Waals surface area contributed by atoms with E-state index in [1.54, 1.807) is 0 Å². The number of benzene rings is 2. The van der Waals surface area contributed by atoms with E-state index in [1.165, 1.54) is 0 Å². The van der Waals surface area contributed by atoms with Crippen LogP contribution in [0.3, 0.4) is 0 Å². The summed E-state index contributed by atoms with van der Waals surface area (Å²) in [5.41, 5.74) is 2.24. The van der Waals surface area contributed by atoms with E-state index in [9.17, 15) is 0 Å². The van der Waals surface area contributed by atoms with Crippen LogP contribution in [0.15, 0.2) is 48.5 Å². The topological polar surface area (TPSA) is 43.2 Å². The van der Waals surface area contributed by atoms with E-state index in [1.807, 2.05) is 43.3 Å². The molecule has 1 aromatic heterocycles. The van der Waals surface area contributed by atoms with Gasteiger partial charge in [0.1, 0.15) is 5.82 Å². The van der Waals surface area contributed by atoms with Gasteiger partial charge in [-0.1, -0.05) is 55.8 Å². The Bertz CT molecular complexity index is 968. The number of likely N-dealkylation sites (N-methyl/N-ethyl adjacent to an activating group) is 1. The maximum atomic E-state index is 6.71. The zero-order valence-corrected chi connectivity index (χ0v) is 17.3. The fraction of sp³-hybridized carbons (Fsp3) is 0.364. The van der Waals surface area contributed by atoms with Crippen LogP contribution < -0.4 is 0 Å². The van der Waals surface area contributed by atoms with Gasteiger partial charge in [0.05, 0.1) is 12.3 Å². The molecule has 4 rings (SSSR count). The molecule has 1 atom stereocenters. The monoisotopic (exact) mass is 396 g/mol. The normalized spacial score (nSPS) is 17.8. The highest BCUT2D eigenvalue weighted by atomic mass is 35.5. The van der Waals surface area contributed by atoms with Gasteiger partial charge >= 0.3 is 0 Å². The van der Waals surface area contributed by atoms with Crippen LogP contribution in [0.4, 0.5) is 0 Å². The van der Waals surface area contributed by atoms with E-state index < -0.39 is 5.60 Å². The Kier molecular flexibility index (Phi) is 5.23. The third kappa shape index (κ3) is 2.94. The Balaban J connectivity index is 1.87. The molecule has 2 heterocycles. The third-order valence-electron chi connectivity index (χ3n) is 5.52. The quantitative estimate of drug-likeness (QED) is 0.600. The molecule has 0 saturated heterocycles. The number of hydrogen-bond donors (Lipinski definition) is 0. The lowest BCUT2D eigenvalue weighted by molar-refractivity contribution is -0.0000315. The first-order valence-electron chi connectivity index (χ1n) is 9.76. The maximum Gasteiger partial charge on any atom is 0.180 e. The molecular formula is C22H25ClN4O. The van der Waals surface area contributed by atoms with Crippen molar-refractivity contribution in [3.63, 3.8) is 0 Å². The lowest BCUT2D eigenvalue weighted by atomic mass is 9.86. The Labute approximate surface area is 170 Å². The van der Waals surface area contributed by atoms with Crippen LogP contribution in [-0.2, 0) is 10.3 Å². The van der Waals surface area contributed by atoms with Crippen molar-refractivity contribution in [1.29, 1.82) is 0 Å². The van der Waals surface area contributed by atoms with Crippen LogP contribution in [0, 0.1) is 6.92 Å². The molecule has 1 aliphatic heterocycles. The number of hydrogen-bond acceptors (Lipinski definition) is 4. The lowest BCUT2D eigenvalue weighted by Crippen LogP contribution is -2.36. The maximum absolute atomic E-state index is 6.71. The Hall–Kier alpha value is -2.21. The van der Waals surface area contributed by atoms with Crippen LogP contribution in [0.5, 0.6) is 0 Å². The summed E-state index contributed by atoms with van der Waals surface area (Å²) in [6.07, 6.45) is 0. The van der Waals surface area contributed by atoms with Crippen LogP contribution in [0.1, 0.15) is 36.6 Å². The first-order valence-corrected chi connectivity index (χ1v) is 10.1. The minimum absolute atomic E-state index is 0.578. The van der Waals surface area contributed by atoms with Gasteiger partial charge in [0, 0.05) is 17.1 Å². The summed E-state index contributed by atoms with van der Waals surface area (Å²) in [5.74, 6) is 1.62. The Morgan fingerprint density at radius 2 is 1.82 bits per heavy atom. The molecule has 3 aromatic rings. The van der Waals surface area contributed by atoms with E-state index in [0.29, 0.717) is 11.6 Å². The molecule has 6 heteroatoms. The van der Waals surface area contributed by atoms with Crippen molar-refractivity contribution in [3.05, 3.63) is 76.3 Å². The van der Waals surface area contributed by atoms with Crippen molar-refractivity contribution in [1.82, 2.24) is 19.7 Å². The van der Waals surface area contributed by atoms with Crippen molar-refractivity contribution in [2.75, 3.05) is 26.2 Å². The second-order valence-corrected chi connectivity index (χ2v) is 7.43. The van der Waals surface area contributed by atoms with Crippen LogP contribution in [0.25, 0.3) is 5.69 Å². The minimum Gasteiger partial charge on any atom is -0.356 e. The molecule has 1 unspecified atom stereocenters. The molecule has 0 radical (unpaired) electrons. The number of rotatable bonds is 7. The highest BCUT2D eigenvalue weighted by molar-refractivity contribution is 6.30. The lowest BCUT2D eigenvalue weighted by Gasteiger charge is -2.31. The van der Waals surface area contributed by atoms with E-state index >= 15 is 0 Å². The summed E-state index contributed by atoms with van der Waals surface area (Å²) in [6, 6.07) is 16.2. The largest absolute Gasteiger partial charge is 0.356 e. The van der Waals surface area contributed by atoms with Gasteiger partial charge in [-0.25, -0.2) is 0 Å². The molecule has 2 aromatic carbocycles. The average Bonchev–Trinajstić information content (AvgIpc) is 3.23. The third-order valence-corrected chi connectivity index (χ3v) is 5.75. The Morgan fingerprint density at radius 3 is 2.54 bits per heavy atom. The van der Waals surface area contributed by atoms with Gasteiger partial charge < -0.3 is 9.64 Å². The summed E-state index contributed by atoms with van der Waals surface area (Å²) in [7, 11) is 0. The first kappa shape index (κ1) is 19.1. The molecular weight excluding hydrogens is 372 g/mol. The molecule has 0 bridgehead atoms. The van der Waals surface area contributed by atoms with Crippen LogP contribution in [0.2, 0.25) is 5.02 Å². The minimum atomic E-state index is -0.824. The fourth-order valence-corrected chi connectivity index (χ4v) is 4.21. The van der Waals surface area contributed by atoms with Gasteiger partial charge in [-0.3, -0.25) is 4.57 Å². The number of ether oxygens (including phenoxy) is 1. The van der Waals surface area contributed by atoms with Crippen LogP contribution >= 0.6 is 11.6 Å².